The van der Waals surface area contributed by atoms with Crippen LogP contribution in [0.5, 0.6) is 5.75 Å². The minimum atomic E-state index is -2.72. The molecule has 0 aliphatic rings. The fraction of sp³-hybridized carbons (Fsp3) is 0.182. The summed E-state index contributed by atoms with van der Waals surface area (Å²) in [6.07, 6.45) is 3.44. The predicted octanol–water partition coefficient (Wildman–Crippen LogP) is 7.26. The van der Waals surface area contributed by atoms with E-state index in [1.807, 2.05) is 30.3 Å². The maximum absolute atomic E-state index is 11.5. The van der Waals surface area contributed by atoms with Gasteiger partial charge in [-0.05, 0) is 64.5 Å². The number of carboxylic acids is 1. The van der Waals surface area contributed by atoms with E-state index in [1.54, 1.807) is 36.7 Å². The van der Waals surface area contributed by atoms with Gasteiger partial charge in [-0.25, -0.2) is 9.54 Å². The Morgan fingerprint density at radius 3 is 2.37 bits per heavy atom. The van der Waals surface area contributed by atoms with Crippen LogP contribution in [0, 0.1) is 0 Å². The molecule has 5 nitrogen and oxygen atoms in total. The Morgan fingerprint density at radius 2 is 1.77 bits per heavy atom. The Hall–Kier alpha value is -1.95. The third-order valence-corrected chi connectivity index (χ3v) is 9.30. The lowest BCUT2D eigenvalue weighted by atomic mass is 10.2. The molecule has 0 bridgehead atoms. The van der Waals surface area contributed by atoms with Crippen molar-refractivity contribution in [1.82, 2.24) is 4.98 Å². The summed E-state index contributed by atoms with van der Waals surface area (Å²) >= 11 is 7.06. The monoisotopic (exact) mass is 550 g/mol. The number of rotatable bonds is 5. The quantitative estimate of drug-likeness (QED) is 0.339. The second-order valence-corrected chi connectivity index (χ2v) is 12.7. The van der Waals surface area contributed by atoms with Crippen molar-refractivity contribution in [2.45, 2.75) is 25.9 Å². The van der Waals surface area contributed by atoms with Crippen molar-refractivity contribution in [3.8, 4) is 5.75 Å². The molecule has 1 heterocycles. The first kappa shape index (κ1) is 22.7. The molecule has 3 rings (SSSR count). The van der Waals surface area contributed by atoms with Gasteiger partial charge < -0.3 is 9.63 Å². The standard InChI is InChI=1S/C22H21Br2N2O3P/c1-22(2,3)30(18-9-11-25-12-10-18,29-20-8-7-16(23)14-19(20)24)26-17-6-4-5-15(13-17)21(27)28/h4-14H,1-3H3,(H,27,28). The van der Waals surface area contributed by atoms with Crippen LogP contribution in [0.4, 0.5) is 5.69 Å². The fourth-order valence-electron chi connectivity index (χ4n) is 2.91. The van der Waals surface area contributed by atoms with E-state index in [1.165, 1.54) is 0 Å². The normalized spacial score (nSPS) is 13.4. The number of benzene rings is 2. The minimum Gasteiger partial charge on any atom is -0.478 e. The number of aromatic nitrogens is 1. The summed E-state index contributed by atoms with van der Waals surface area (Å²) in [5, 5.41) is 9.93. The number of hydrogen-bond acceptors (Lipinski definition) is 4. The van der Waals surface area contributed by atoms with Crippen LogP contribution in [-0.4, -0.2) is 21.2 Å². The fourth-order valence-corrected chi connectivity index (χ4v) is 7.20. The molecule has 1 atom stereocenters. The minimum absolute atomic E-state index is 0.183. The van der Waals surface area contributed by atoms with Crippen molar-refractivity contribution in [2.75, 3.05) is 0 Å². The van der Waals surface area contributed by atoms with Gasteiger partial charge in [0, 0.05) is 27.3 Å². The number of hydrogen-bond donors (Lipinski definition) is 1. The molecule has 0 saturated heterocycles. The number of halogens is 2. The lowest BCUT2D eigenvalue weighted by Crippen LogP contribution is -2.27. The molecule has 0 aliphatic carbocycles. The zero-order valence-corrected chi connectivity index (χ0v) is 20.8. The largest absolute Gasteiger partial charge is 0.478 e. The van der Waals surface area contributed by atoms with Crippen molar-refractivity contribution >= 4 is 56.1 Å². The van der Waals surface area contributed by atoms with Gasteiger partial charge in [0.1, 0.15) is 5.75 Å². The summed E-state index contributed by atoms with van der Waals surface area (Å²) in [6, 6.07) is 16.2. The van der Waals surface area contributed by atoms with Crippen molar-refractivity contribution in [3.63, 3.8) is 0 Å². The van der Waals surface area contributed by atoms with Crippen LogP contribution in [0.15, 0.2) is 80.7 Å². The Morgan fingerprint density at radius 1 is 1.07 bits per heavy atom. The first-order valence-electron chi connectivity index (χ1n) is 9.13. The molecule has 2 aromatic carbocycles. The van der Waals surface area contributed by atoms with E-state index in [0.717, 1.165) is 14.2 Å². The molecular weight excluding hydrogens is 531 g/mol. The van der Waals surface area contributed by atoms with Gasteiger partial charge in [0.25, 0.3) is 0 Å². The smallest absolute Gasteiger partial charge is 0.335 e. The number of carbonyl (C=O) groups is 1. The molecule has 1 N–H and O–H groups in total. The maximum atomic E-state index is 11.5. The second-order valence-electron chi connectivity index (χ2n) is 7.57. The van der Waals surface area contributed by atoms with E-state index in [-0.39, 0.29) is 10.7 Å². The molecule has 1 unspecified atom stereocenters. The lowest BCUT2D eigenvalue weighted by Gasteiger charge is -2.37. The van der Waals surface area contributed by atoms with Gasteiger partial charge in [-0.1, -0.05) is 42.8 Å². The molecule has 0 amide bonds. The summed E-state index contributed by atoms with van der Waals surface area (Å²) in [5.41, 5.74) is 0.742. The summed E-state index contributed by atoms with van der Waals surface area (Å²) < 4.78 is 13.6. The highest BCUT2D eigenvalue weighted by molar-refractivity contribution is 9.11. The van der Waals surface area contributed by atoms with Crippen molar-refractivity contribution in [1.29, 1.82) is 0 Å². The van der Waals surface area contributed by atoms with Crippen molar-refractivity contribution < 1.29 is 14.4 Å². The third kappa shape index (κ3) is 4.85. The highest BCUT2D eigenvalue weighted by Gasteiger charge is 2.39. The van der Waals surface area contributed by atoms with Crippen LogP contribution in [0.3, 0.4) is 0 Å². The molecule has 0 aliphatic heterocycles. The molecule has 3 aromatic rings. The third-order valence-electron chi connectivity index (χ3n) is 4.40. The zero-order valence-electron chi connectivity index (χ0n) is 16.7. The van der Waals surface area contributed by atoms with Crippen molar-refractivity contribution in [3.05, 3.63) is 81.5 Å². The zero-order chi connectivity index (χ0) is 21.9. The van der Waals surface area contributed by atoms with Crippen LogP contribution >= 0.6 is 39.1 Å². The van der Waals surface area contributed by atoms with E-state index in [2.05, 4.69) is 57.6 Å². The molecule has 0 spiro atoms. The Kier molecular flexibility index (Phi) is 6.85. The van der Waals surface area contributed by atoms with E-state index < -0.39 is 13.3 Å². The molecule has 8 heteroatoms. The highest BCUT2D eigenvalue weighted by Crippen LogP contribution is 2.62. The Labute approximate surface area is 192 Å². The van der Waals surface area contributed by atoms with Gasteiger partial charge >= 0.3 is 5.97 Å². The molecule has 156 valence electrons. The van der Waals surface area contributed by atoms with Crippen LogP contribution in [0.1, 0.15) is 31.1 Å². The first-order valence-corrected chi connectivity index (χ1v) is 12.4. The van der Waals surface area contributed by atoms with E-state index >= 15 is 0 Å². The molecule has 30 heavy (non-hydrogen) atoms. The van der Waals surface area contributed by atoms with Gasteiger partial charge in [0.15, 0.2) is 7.28 Å². The van der Waals surface area contributed by atoms with Gasteiger partial charge in [0.2, 0.25) is 0 Å². The van der Waals surface area contributed by atoms with Crippen molar-refractivity contribution in [2.24, 2.45) is 4.74 Å². The predicted molar refractivity (Wildman–Crippen MR) is 129 cm³/mol. The second kappa shape index (κ2) is 9.04. The lowest BCUT2D eigenvalue weighted by molar-refractivity contribution is 0.0697. The molecular formula is C22H21Br2N2O3P. The summed E-state index contributed by atoms with van der Waals surface area (Å²) in [5.74, 6) is -0.330. The molecule has 0 fully saturated rings. The van der Waals surface area contributed by atoms with Crippen LogP contribution < -0.4 is 9.83 Å². The average molecular weight is 552 g/mol. The summed E-state index contributed by atoms with van der Waals surface area (Å²) in [7, 11) is -2.72. The first-order chi connectivity index (χ1) is 14.1. The topological polar surface area (TPSA) is 71.8 Å². The maximum Gasteiger partial charge on any atom is 0.335 e. The Bertz CT molecular complexity index is 1130. The molecule has 0 radical (unpaired) electrons. The molecule has 0 saturated carbocycles. The number of nitrogens with zero attached hydrogens (tertiary/aromatic N) is 2. The average Bonchev–Trinajstić information content (AvgIpc) is 2.69. The summed E-state index contributed by atoms with van der Waals surface area (Å²) in [6.45, 7) is 6.25. The summed E-state index contributed by atoms with van der Waals surface area (Å²) in [4.78, 5) is 15.6. The van der Waals surface area contributed by atoms with Gasteiger partial charge in [0.05, 0.1) is 15.7 Å². The van der Waals surface area contributed by atoms with Gasteiger partial charge in [-0.15, -0.1) is 0 Å². The van der Waals surface area contributed by atoms with Crippen LogP contribution in [0.2, 0.25) is 0 Å². The van der Waals surface area contributed by atoms with Crippen LogP contribution in [-0.2, 0) is 0 Å². The SMILES string of the molecule is CC(C)(C)P(=Nc1cccc(C(=O)O)c1)(Oc1ccc(Br)cc1Br)c1ccncc1. The van der Waals surface area contributed by atoms with Gasteiger partial charge in [-0.2, -0.15) is 0 Å². The van der Waals surface area contributed by atoms with E-state index in [9.17, 15) is 9.90 Å². The number of pyridine rings is 1. The van der Waals surface area contributed by atoms with E-state index in [4.69, 9.17) is 9.27 Å². The highest BCUT2D eigenvalue weighted by atomic mass is 79.9. The molecule has 1 aromatic heterocycles. The van der Waals surface area contributed by atoms with E-state index in [0.29, 0.717) is 11.4 Å². The number of carboxylic acid groups (broad SMARTS) is 1. The number of aromatic carboxylic acids is 1. The van der Waals surface area contributed by atoms with Crippen LogP contribution in [0.25, 0.3) is 0 Å². The van der Waals surface area contributed by atoms with Gasteiger partial charge in [-0.3, -0.25) is 4.98 Å². The Balaban J connectivity index is 2.31.